The number of rotatable bonds is 5. The van der Waals surface area contributed by atoms with Crippen LogP contribution in [0.4, 0.5) is 14.5 Å². The Labute approximate surface area is 189 Å². The van der Waals surface area contributed by atoms with Gasteiger partial charge in [0.2, 0.25) is 5.91 Å². The van der Waals surface area contributed by atoms with Crippen molar-refractivity contribution in [1.82, 2.24) is 14.4 Å². The summed E-state index contributed by atoms with van der Waals surface area (Å²) in [5.74, 6) is -1.88. The van der Waals surface area contributed by atoms with Crippen LogP contribution in [0.2, 0.25) is 0 Å². The standard InChI is InChI=1S/C24H22F2N4O3/c25-18-9-7-17(8-10-18)23(32)28-12-14-29(15-13-28)24(33)21-6-3-11-30(21)16-22(31)27-20-5-2-1-4-19(20)26/h1-11H,12-16H2,(H,27,31). The maximum atomic E-state index is 13.8. The molecular weight excluding hydrogens is 430 g/mol. The molecule has 0 radical (unpaired) electrons. The van der Waals surface area contributed by atoms with Crippen molar-refractivity contribution in [3.63, 3.8) is 0 Å². The fourth-order valence-electron chi connectivity index (χ4n) is 3.70. The Morgan fingerprint density at radius 1 is 0.788 bits per heavy atom. The third-order valence-electron chi connectivity index (χ3n) is 5.46. The minimum absolute atomic E-state index is 0.0736. The Morgan fingerprint density at radius 3 is 2.09 bits per heavy atom. The number of halogens is 2. The third kappa shape index (κ3) is 5.08. The largest absolute Gasteiger partial charge is 0.335 e. The number of nitrogens with zero attached hydrogens (tertiary/aromatic N) is 3. The molecule has 170 valence electrons. The van der Waals surface area contributed by atoms with Crippen LogP contribution in [0.15, 0.2) is 66.9 Å². The molecule has 7 nitrogen and oxygen atoms in total. The molecule has 0 atom stereocenters. The molecule has 9 heteroatoms. The Bertz CT molecular complexity index is 1170. The van der Waals surface area contributed by atoms with E-state index in [2.05, 4.69) is 5.32 Å². The van der Waals surface area contributed by atoms with Crippen LogP contribution in [0.25, 0.3) is 0 Å². The lowest BCUT2D eigenvalue weighted by molar-refractivity contribution is -0.116. The lowest BCUT2D eigenvalue weighted by Crippen LogP contribution is -2.51. The highest BCUT2D eigenvalue weighted by Gasteiger charge is 2.27. The third-order valence-corrected chi connectivity index (χ3v) is 5.46. The molecule has 1 N–H and O–H groups in total. The Hall–Kier alpha value is -4.01. The molecular formula is C24H22F2N4O3. The van der Waals surface area contributed by atoms with Gasteiger partial charge in [0.05, 0.1) is 5.69 Å². The van der Waals surface area contributed by atoms with Gasteiger partial charge in [-0.15, -0.1) is 0 Å². The zero-order chi connectivity index (χ0) is 23.4. The number of benzene rings is 2. The van der Waals surface area contributed by atoms with Crippen LogP contribution in [0.1, 0.15) is 20.8 Å². The van der Waals surface area contributed by atoms with Crippen LogP contribution in [0, 0.1) is 11.6 Å². The van der Waals surface area contributed by atoms with Crippen molar-refractivity contribution >= 4 is 23.4 Å². The molecule has 0 unspecified atom stereocenters. The van der Waals surface area contributed by atoms with Crippen molar-refractivity contribution in [3.05, 3.63) is 89.8 Å². The summed E-state index contributed by atoms with van der Waals surface area (Å²) in [7, 11) is 0. The summed E-state index contributed by atoms with van der Waals surface area (Å²) in [6.07, 6.45) is 1.61. The molecule has 4 rings (SSSR count). The zero-order valence-electron chi connectivity index (χ0n) is 17.7. The summed E-state index contributed by atoms with van der Waals surface area (Å²) in [6, 6.07) is 14.5. The topological polar surface area (TPSA) is 74.7 Å². The number of hydrogen-bond donors (Lipinski definition) is 1. The van der Waals surface area contributed by atoms with Crippen molar-refractivity contribution < 1.29 is 23.2 Å². The van der Waals surface area contributed by atoms with Gasteiger partial charge < -0.3 is 19.7 Å². The van der Waals surface area contributed by atoms with Crippen LogP contribution < -0.4 is 5.32 Å². The minimum atomic E-state index is -0.539. The first-order chi connectivity index (χ1) is 15.9. The first-order valence-electron chi connectivity index (χ1n) is 10.5. The predicted octanol–water partition coefficient (Wildman–Crippen LogP) is 3.00. The fraction of sp³-hybridized carbons (Fsp3) is 0.208. The lowest BCUT2D eigenvalue weighted by atomic mass is 10.1. The second kappa shape index (κ2) is 9.64. The van der Waals surface area contributed by atoms with E-state index >= 15 is 0 Å². The normalized spacial score (nSPS) is 13.6. The zero-order valence-corrected chi connectivity index (χ0v) is 17.7. The maximum absolute atomic E-state index is 13.8. The molecule has 2 aromatic carbocycles. The number of anilines is 1. The summed E-state index contributed by atoms with van der Waals surface area (Å²) in [6.45, 7) is 1.20. The molecule has 2 heterocycles. The number of amides is 3. The van der Waals surface area contributed by atoms with Gasteiger partial charge in [-0.3, -0.25) is 14.4 Å². The molecule has 1 saturated heterocycles. The van der Waals surface area contributed by atoms with Gasteiger partial charge in [-0.1, -0.05) is 12.1 Å². The SMILES string of the molecule is O=C(Cn1cccc1C(=O)N1CCN(C(=O)c2ccc(F)cc2)CC1)Nc1ccccc1F. The first-order valence-corrected chi connectivity index (χ1v) is 10.5. The van der Waals surface area contributed by atoms with Gasteiger partial charge in [0.25, 0.3) is 11.8 Å². The van der Waals surface area contributed by atoms with Gasteiger partial charge in [0.1, 0.15) is 23.9 Å². The number of carbonyl (C=O) groups is 3. The van der Waals surface area contributed by atoms with E-state index in [1.165, 1.54) is 47.0 Å². The first kappa shape index (κ1) is 22.2. The summed E-state index contributed by atoms with van der Waals surface area (Å²) in [5, 5.41) is 2.50. The van der Waals surface area contributed by atoms with E-state index in [1.54, 1.807) is 34.2 Å². The summed E-state index contributed by atoms with van der Waals surface area (Å²) in [4.78, 5) is 41.2. The highest BCUT2D eigenvalue weighted by atomic mass is 19.1. The molecule has 1 aromatic heterocycles. The second-order valence-corrected chi connectivity index (χ2v) is 7.64. The molecule has 1 fully saturated rings. The molecule has 0 saturated carbocycles. The number of hydrogen-bond acceptors (Lipinski definition) is 3. The van der Waals surface area contributed by atoms with Gasteiger partial charge in [-0.05, 0) is 48.5 Å². The van der Waals surface area contributed by atoms with E-state index in [0.29, 0.717) is 37.4 Å². The van der Waals surface area contributed by atoms with Crippen molar-refractivity contribution in [3.8, 4) is 0 Å². The van der Waals surface area contributed by atoms with Gasteiger partial charge >= 0.3 is 0 Å². The Balaban J connectivity index is 1.35. The fourth-order valence-corrected chi connectivity index (χ4v) is 3.70. The molecule has 3 amide bonds. The molecule has 0 aliphatic carbocycles. The van der Waals surface area contributed by atoms with E-state index in [9.17, 15) is 23.2 Å². The molecule has 0 bridgehead atoms. The average Bonchev–Trinajstić information content (AvgIpc) is 3.28. The van der Waals surface area contributed by atoms with Crippen LogP contribution >= 0.6 is 0 Å². The highest BCUT2D eigenvalue weighted by Crippen LogP contribution is 2.15. The van der Waals surface area contributed by atoms with Gasteiger partial charge in [0.15, 0.2) is 0 Å². The smallest absolute Gasteiger partial charge is 0.270 e. The van der Waals surface area contributed by atoms with Crippen molar-refractivity contribution in [1.29, 1.82) is 0 Å². The van der Waals surface area contributed by atoms with E-state index < -0.39 is 17.5 Å². The molecule has 0 spiro atoms. The lowest BCUT2D eigenvalue weighted by Gasteiger charge is -2.35. The number of aromatic nitrogens is 1. The van der Waals surface area contributed by atoms with Crippen LogP contribution in [0.5, 0.6) is 0 Å². The molecule has 1 aliphatic rings. The molecule has 3 aromatic rings. The molecule has 1 aliphatic heterocycles. The number of carbonyl (C=O) groups excluding carboxylic acids is 3. The monoisotopic (exact) mass is 452 g/mol. The van der Waals surface area contributed by atoms with E-state index in [1.807, 2.05) is 0 Å². The Morgan fingerprint density at radius 2 is 1.42 bits per heavy atom. The van der Waals surface area contributed by atoms with Crippen molar-refractivity contribution in [2.24, 2.45) is 0 Å². The highest BCUT2D eigenvalue weighted by molar-refractivity contribution is 5.96. The summed E-state index contributed by atoms with van der Waals surface area (Å²) < 4.78 is 28.4. The Kier molecular flexibility index (Phi) is 6.48. The average molecular weight is 452 g/mol. The number of nitrogens with one attached hydrogen (secondary N) is 1. The number of para-hydroxylation sites is 1. The van der Waals surface area contributed by atoms with Gasteiger partial charge in [0, 0.05) is 37.9 Å². The van der Waals surface area contributed by atoms with Gasteiger partial charge in [-0.25, -0.2) is 8.78 Å². The van der Waals surface area contributed by atoms with Gasteiger partial charge in [-0.2, -0.15) is 0 Å². The number of piperazine rings is 1. The van der Waals surface area contributed by atoms with Crippen LogP contribution in [0.3, 0.4) is 0 Å². The van der Waals surface area contributed by atoms with Crippen LogP contribution in [-0.4, -0.2) is 58.3 Å². The van der Waals surface area contributed by atoms with E-state index in [-0.39, 0.29) is 24.0 Å². The van der Waals surface area contributed by atoms with Crippen LogP contribution in [-0.2, 0) is 11.3 Å². The van der Waals surface area contributed by atoms with Crippen molar-refractivity contribution in [2.75, 3.05) is 31.5 Å². The summed E-state index contributed by atoms with van der Waals surface area (Å²) >= 11 is 0. The quantitative estimate of drug-likeness (QED) is 0.647. The summed E-state index contributed by atoms with van der Waals surface area (Å²) in [5.41, 5.74) is 0.799. The van der Waals surface area contributed by atoms with E-state index in [4.69, 9.17) is 0 Å². The van der Waals surface area contributed by atoms with E-state index in [0.717, 1.165) is 0 Å². The minimum Gasteiger partial charge on any atom is -0.335 e. The second-order valence-electron chi connectivity index (χ2n) is 7.64. The van der Waals surface area contributed by atoms with Crippen molar-refractivity contribution in [2.45, 2.75) is 6.54 Å². The molecule has 33 heavy (non-hydrogen) atoms. The maximum Gasteiger partial charge on any atom is 0.270 e. The predicted molar refractivity (Wildman–Crippen MR) is 118 cm³/mol.